The number of unbranched alkanes of at least 4 members (excludes halogenated alkanes) is 1. The van der Waals surface area contributed by atoms with E-state index in [-0.39, 0.29) is 19.4 Å². The van der Waals surface area contributed by atoms with E-state index in [1.165, 1.54) is 0 Å². The maximum Gasteiger partial charge on any atom is 0.408 e. The summed E-state index contributed by atoms with van der Waals surface area (Å²) in [5, 5.41) is 9.16. The summed E-state index contributed by atoms with van der Waals surface area (Å²) in [6, 6.07) is 15.1. The van der Waals surface area contributed by atoms with Crippen molar-refractivity contribution >= 4 is 35.0 Å². The highest BCUT2D eigenvalue weighted by molar-refractivity contribution is 5.91. The van der Waals surface area contributed by atoms with Crippen LogP contribution in [0.4, 0.5) is 9.59 Å². The Bertz CT molecular complexity index is 1470. The van der Waals surface area contributed by atoms with Gasteiger partial charge < -0.3 is 34.7 Å². The molecule has 0 aliphatic heterocycles. The van der Waals surface area contributed by atoms with Crippen LogP contribution in [0.1, 0.15) is 71.9 Å². The monoisotopic (exact) mass is 636 g/mol. The minimum atomic E-state index is -1.03. The number of ether oxygens (including phenoxy) is 3. The lowest BCUT2D eigenvalue weighted by atomic mass is 10.0. The average molecular weight is 637 g/mol. The molecule has 3 amide bonds. The molecule has 1 aromatic heterocycles. The Hall–Kier alpha value is -4.54. The lowest BCUT2D eigenvalue weighted by Crippen LogP contribution is -2.53. The zero-order valence-electron chi connectivity index (χ0n) is 28.0. The predicted molar refractivity (Wildman–Crippen MR) is 176 cm³/mol. The van der Waals surface area contributed by atoms with Gasteiger partial charge in [0.1, 0.15) is 29.9 Å². The number of rotatable bonds is 13. The van der Waals surface area contributed by atoms with E-state index >= 15 is 0 Å². The molecular formula is C35H48N4O7. The van der Waals surface area contributed by atoms with Gasteiger partial charge in [-0.1, -0.05) is 48.5 Å². The second kappa shape index (κ2) is 16.1. The molecular weight excluding hydrogens is 588 g/mol. The second-order valence-corrected chi connectivity index (χ2v) is 13.3. The summed E-state index contributed by atoms with van der Waals surface area (Å²) in [5.41, 5.74) is 1.28. The molecule has 0 aliphatic rings. The van der Waals surface area contributed by atoms with E-state index in [9.17, 15) is 19.2 Å². The third-order valence-corrected chi connectivity index (χ3v) is 6.82. The van der Waals surface area contributed by atoms with Gasteiger partial charge in [-0.3, -0.25) is 4.79 Å². The van der Waals surface area contributed by atoms with Crippen molar-refractivity contribution in [2.45, 2.75) is 97.1 Å². The van der Waals surface area contributed by atoms with Gasteiger partial charge >= 0.3 is 18.2 Å². The minimum absolute atomic E-state index is 0.0474. The van der Waals surface area contributed by atoms with Crippen molar-refractivity contribution in [3.63, 3.8) is 0 Å². The van der Waals surface area contributed by atoms with E-state index in [0.29, 0.717) is 19.4 Å². The molecule has 11 heteroatoms. The highest BCUT2D eigenvalue weighted by Crippen LogP contribution is 2.22. The largest absolute Gasteiger partial charge is 0.459 e. The zero-order valence-corrected chi connectivity index (χ0v) is 28.0. The summed E-state index contributed by atoms with van der Waals surface area (Å²) in [4.78, 5) is 51.9. The molecule has 0 saturated carbocycles. The van der Waals surface area contributed by atoms with Gasteiger partial charge in [-0.05, 0) is 78.0 Å². The van der Waals surface area contributed by atoms with Crippen molar-refractivity contribution in [3.8, 4) is 0 Å². The normalized spacial score (nSPS) is 12.9. The van der Waals surface area contributed by atoms with Crippen LogP contribution in [0.5, 0.6) is 0 Å². The van der Waals surface area contributed by atoms with Crippen LogP contribution in [0.25, 0.3) is 10.9 Å². The smallest absolute Gasteiger partial charge is 0.408 e. The van der Waals surface area contributed by atoms with E-state index in [2.05, 4.69) is 16.0 Å². The molecule has 2 aromatic carbocycles. The first-order valence-electron chi connectivity index (χ1n) is 15.6. The van der Waals surface area contributed by atoms with Crippen molar-refractivity contribution in [2.75, 3.05) is 6.54 Å². The fraction of sp³-hybridized carbons (Fsp3) is 0.486. The molecule has 250 valence electrons. The van der Waals surface area contributed by atoms with Crippen molar-refractivity contribution in [2.24, 2.45) is 7.05 Å². The molecule has 3 aromatic rings. The van der Waals surface area contributed by atoms with Crippen molar-refractivity contribution in [1.29, 1.82) is 0 Å². The third kappa shape index (κ3) is 12.1. The first kappa shape index (κ1) is 35.9. The fourth-order valence-corrected chi connectivity index (χ4v) is 4.80. The highest BCUT2D eigenvalue weighted by Gasteiger charge is 2.30. The summed E-state index contributed by atoms with van der Waals surface area (Å²) in [6.07, 6.45) is 2.08. The Balaban J connectivity index is 1.75. The zero-order chi connectivity index (χ0) is 33.9. The number of aryl methyl sites for hydroxylation is 1. The number of esters is 1. The summed E-state index contributed by atoms with van der Waals surface area (Å²) in [7, 11) is 1.92. The number of nitrogens with zero attached hydrogens (tertiary/aromatic N) is 1. The van der Waals surface area contributed by atoms with Crippen LogP contribution < -0.4 is 16.0 Å². The fourth-order valence-electron chi connectivity index (χ4n) is 4.80. The van der Waals surface area contributed by atoms with E-state index < -0.39 is 47.3 Å². The van der Waals surface area contributed by atoms with Gasteiger partial charge in [0.25, 0.3) is 0 Å². The van der Waals surface area contributed by atoms with Crippen molar-refractivity contribution in [3.05, 3.63) is 71.9 Å². The van der Waals surface area contributed by atoms with Gasteiger partial charge in [0.05, 0.1) is 0 Å². The van der Waals surface area contributed by atoms with Crippen molar-refractivity contribution in [1.82, 2.24) is 20.5 Å². The van der Waals surface area contributed by atoms with Crippen LogP contribution >= 0.6 is 0 Å². The van der Waals surface area contributed by atoms with Gasteiger partial charge in [0, 0.05) is 37.1 Å². The van der Waals surface area contributed by atoms with Crippen LogP contribution in [-0.4, -0.2) is 58.5 Å². The Kier molecular flexibility index (Phi) is 12.6. The minimum Gasteiger partial charge on any atom is -0.459 e. The lowest BCUT2D eigenvalue weighted by Gasteiger charge is -2.25. The molecule has 1 heterocycles. The topological polar surface area (TPSA) is 137 Å². The Morgan fingerprint density at radius 3 is 2.09 bits per heavy atom. The molecule has 0 unspecified atom stereocenters. The van der Waals surface area contributed by atoms with Gasteiger partial charge in [-0.15, -0.1) is 0 Å². The molecule has 3 rings (SSSR count). The molecule has 0 bridgehead atoms. The maximum absolute atomic E-state index is 13.7. The van der Waals surface area contributed by atoms with Gasteiger partial charge in [0.15, 0.2) is 0 Å². The van der Waals surface area contributed by atoms with E-state index in [4.69, 9.17) is 14.2 Å². The predicted octanol–water partition coefficient (Wildman–Crippen LogP) is 5.54. The molecule has 11 nitrogen and oxygen atoms in total. The molecule has 0 fully saturated rings. The number of fused-ring (bicyclic) bond motifs is 1. The van der Waals surface area contributed by atoms with Gasteiger partial charge in [-0.25, -0.2) is 14.4 Å². The summed E-state index contributed by atoms with van der Waals surface area (Å²) in [5.74, 6) is -1.14. The number of carbonyl (C=O) groups excluding carboxylic acids is 4. The third-order valence-electron chi connectivity index (χ3n) is 6.82. The quantitative estimate of drug-likeness (QED) is 0.127. The number of benzene rings is 2. The number of para-hydroxylation sites is 1. The average Bonchev–Trinajstić information content (AvgIpc) is 3.28. The van der Waals surface area contributed by atoms with Crippen LogP contribution in [0.15, 0.2) is 60.8 Å². The van der Waals surface area contributed by atoms with Crippen LogP contribution in [0.2, 0.25) is 0 Å². The number of aromatic nitrogens is 1. The van der Waals surface area contributed by atoms with Crippen molar-refractivity contribution < 1.29 is 33.4 Å². The molecule has 0 spiro atoms. The number of amides is 3. The standard InChI is InChI=1S/C35H48N4O7/c1-34(2,3)45-32(42)36-20-14-13-18-27(38-33(43)46-35(4,5)6)30(40)37-28(31(41)44-23-24-15-9-8-10-16-24)21-25-22-39(7)29-19-12-11-17-26(25)29/h8-12,15-17,19,22,27-28H,13-14,18,20-21,23H2,1-7H3,(H,36,42)(H,37,40)(H,38,43)/t27-,28+/m0/s1. The second-order valence-electron chi connectivity index (χ2n) is 13.3. The van der Waals surface area contributed by atoms with E-state index in [0.717, 1.165) is 22.0 Å². The number of hydrogen-bond donors (Lipinski definition) is 3. The molecule has 0 radical (unpaired) electrons. The van der Waals surface area contributed by atoms with Crippen LogP contribution in [0.3, 0.4) is 0 Å². The van der Waals surface area contributed by atoms with Gasteiger partial charge in [0.2, 0.25) is 5.91 Å². The lowest BCUT2D eigenvalue weighted by molar-refractivity contribution is -0.149. The first-order chi connectivity index (χ1) is 21.6. The SMILES string of the molecule is Cn1cc(C[C@@H](NC(=O)[C@H](CCCCNC(=O)OC(C)(C)C)NC(=O)OC(C)(C)C)C(=O)OCc2ccccc2)c2ccccc21. The molecule has 0 saturated heterocycles. The summed E-state index contributed by atoms with van der Waals surface area (Å²) < 4.78 is 18.3. The highest BCUT2D eigenvalue weighted by atomic mass is 16.6. The number of nitrogens with one attached hydrogen (secondary N) is 3. The first-order valence-corrected chi connectivity index (χ1v) is 15.6. The molecule has 0 aliphatic carbocycles. The van der Waals surface area contributed by atoms with Crippen LogP contribution in [-0.2, 0) is 43.9 Å². The van der Waals surface area contributed by atoms with Gasteiger partial charge in [-0.2, -0.15) is 0 Å². The van der Waals surface area contributed by atoms with E-state index in [1.807, 2.05) is 72.4 Å². The Morgan fingerprint density at radius 1 is 0.783 bits per heavy atom. The Morgan fingerprint density at radius 2 is 1.41 bits per heavy atom. The molecule has 3 N–H and O–H groups in total. The summed E-state index contributed by atoms with van der Waals surface area (Å²) >= 11 is 0. The number of carbonyl (C=O) groups is 4. The Labute approximate surface area is 271 Å². The molecule has 46 heavy (non-hydrogen) atoms. The van der Waals surface area contributed by atoms with E-state index in [1.54, 1.807) is 41.5 Å². The molecule has 2 atom stereocenters. The summed E-state index contributed by atoms with van der Waals surface area (Å²) in [6.45, 7) is 10.9. The number of hydrogen-bond acceptors (Lipinski definition) is 7. The number of alkyl carbamates (subject to hydrolysis) is 2. The maximum atomic E-state index is 13.7. The van der Waals surface area contributed by atoms with Crippen LogP contribution in [0, 0.1) is 0 Å².